The van der Waals surface area contributed by atoms with E-state index in [0.717, 1.165) is 38.4 Å². The minimum atomic E-state index is -1.17. The minimum Gasteiger partial charge on any atom is -0.464 e. The van der Waals surface area contributed by atoms with Gasteiger partial charge in [-0.2, -0.15) is 0 Å². The SMILES string of the molecule is C[Si](C)(C)CCOCOc1cc2ccccc2c2c1oc(=O)c1ccc3ccccc3c12. The third-order valence-corrected chi connectivity index (χ3v) is 7.56. The summed E-state index contributed by atoms with van der Waals surface area (Å²) >= 11 is 0. The lowest BCUT2D eigenvalue weighted by molar-refractivity contribution is 0.0224. The highest BCUT2D eigenvalue weighted by atomic mass is 28.3. The van der Waals surface area contributed by atoms with E-state index >= 15 is 0 Å². The molecule has 0 amide bonds. The van der Waals surface area contributed by atoms with E-state index in [2.05, 4.69) is 43.9 Å². The van der Waals surface area contributed by atoms with Crippen molar-refractivity contribution in [2.24, 2.45) is 0 Å². The summed E-state index contributed by atoms with van der Waals surface area (Å²) in [5, 5.41) is 6.53. The zero-order chi connectivity index (χ0) is 22.3. The topological polar surface area (TPSA) is 48.7 Å². The van der Waals surface area contributed by atoms with Gasteiger partial charge in [-0.25, -0.2) is 4.79 Å². The van der Waals surface area contributed by atoms with Crippen LogP contribution in [0, 0.1) is 0 Å². The average molecular weight is 443 g/mol. The van der Waals surface area contributed by atoms with Gasteiger partial charge in [0.2, 0.25) is 0 Å². The number of benzene rings is 4. The van der Waals surface area contributed by atoms with Gasteiger partial charge in [-0.3, -0.25) is 0 Å². The largest absolute Gasteiger partial charge is 0.464 e. The number of hydrogen-bond donors (Lipinski definition) is 0. The molecular formula is C27H26O4Si. The molecule has 0 aliphatic carbocycles. The number of hydrogen-bond acceptors (Lipinski definition) is 4. The molecule has 5 aromatic rings. The highest BCUT2D eigenvalue weighted by molar-refractivity contribution is 6.76. The molecule has 4 aromatic carbocycles. The van der Waals surface area contributed by atoms with Gasteiger partial charge in [0.05, 0.1) is 5.39 Å². The molecule has 32 heavy (non-hydrogen) atoms. The van der Waals surface area contributed by atoms with Gasteiger partial charge in [0.15, 0.2) is 18.1 Å². The standard InChI is InChI=1S/C27H26O4Si/c1-32(2,3)15-14-29-17-30-23-16-19-9-5-7-11-21(19)25-24-20-10-6-4-8-18(20)12-13-22(24)27(28)31-26(23)25/h4-13,16H,14-15,17H2,1-3H3. The molecular weight excluding hydrogens is 416 g/mol. The maximum Gasteiger partial charge on any atom is 0.344 e. The monoisotopic (exact) mass is 442 g/mol. The van der Waals surface area contributed by atoms with E-state index in [9.17, 15) is 4.79 Å². The van der Waals surface area contributed by atoms with Gasteiger partial charge in [-0.15, -0.1) is 0 Å². The Morgan fingerprint density at radius 3 is 2.25 bits per heavy atom. The Kier molecular flexibility index (Phi) is 5.23. The van der Waals surface area contributed by atoms with E-state index in [1.807, 2.05) is 42.5 Å². The number of rotatable bonds is 6. The molecule has 0 N–H and O–H groups in total. The second kappa shape index (κ2) is 8.08. The molecule has 1 aromatic heterocycles. The van der Waals surface area contributed by atoms with Crippen molar-refractivity contribution in [1.29, 1.82) is 0 Å². The predicted octanol–water partition coefficient (Wildman–Crippen LogP) is 6.94. The Morgan fingerprint density at radius 2 is 1.50 bits per heavy atom. The van der Waals surface area contributed by atoms with E-state index in [1.54, 1.807) is 0 Å². The first-order valence-electron chi connectivity index (χ1n) is 10.9. The van der Waals surface area contributed by atoms with Gasteiger partial charge >= 0.3 is 5.63 Å². The van der Waals surface area contributed by atoms with Gasteiger partial charge in [-0.1, -0.05) is 74.2 Å². The Hall–Kier alpha value is -3.15. The average Bonchev–Trinajstić information content (AvgIpc) is 2.77. The summed E-state index contributed by atoms with van der Waals surface area (Å²) < 4.78 is 17.6. The van der Waals surface area contributed by atoms with Crippen molar-refractivity contribution in [2.45, 2.75) is 25.7 Å². The first-order chi connectivity index (χ1) is 15.4. The fourth-order valence-electron chi connectivity index (χ4n) is 4.16. The van der Waals surface area contributed by atoms with Gasteiger partial charge in [0.1, 0.15) is 0 Å². The Labute approximate surface area is 187 Å². The Morgan fingerprint density at radius 1 is 0.812 bits per heavy atom. The third-order valence-electron chi connectivity index (χ3n) is 5.86. The summed E-state index contributed by atoms with van der Waals surface area (Å²) in [5.74, 6) is 0.527. The van der Waals surface area contributed by atoms with Gasteiger partial charge < -0.3 is 13.9 Å². The van der Waals surface area contributed by atoms with Gasteiger partial charge in [0.25, 0.3) is 0 Å². The predicted molar refractivity (Wildman–Crippen MR) is 135 cm³/mol. The maximum absolute atomic E-state index is 13.0. The van der Waals surface area contributed by atoms with Crippen LogP contribution in [0.15, 0.2) is 75.9 Å². The highest BCUT2D eigenvalue weighted by Crippen LogP contribution is 2.39. The second-order valence-electron chi connectivity index (χ2n) is 9.38. The molecule has 1 heterocycles. The van der Waals surface area contributed by atoms with Crippen molar-refractivity contribution in [1.82, 2.24) is 0 Å². The maximum atomic E-state index is 13.0. The summed E-state index contributed by atoms with van der Waals surface area (Å²) in [4.78, 5) is 13.0. The van der Waals surface area contributed by atoms with E-state index in [-0.39, 0.29) is 12.4 Å². The van der Waals surface area contributed by atoms with Crippen LogP contribution in [0.5, 0.6) is 5.75 Å². The molecule has 0 saturated carbocycles. The fourth-order valence-corrected chi connectivity index (χ4v) is 4.92. The molecule has 0 fully saturated rings. The van der Waals surface area contributed by atoms with Crippen molar-refractivity contribution in [3.8, 4) is 5.75 Å². The van der Waals surface area contributed by atoms with Crippen molar-refractivity contribution >= 4 is 51.4 Å². The molecule has 4 nitrogen and oxygen atoms in total. The molecule has 0 bridgehead atoms. The molecule has 5 heteroatoms. The first-order valence-corrected chi connectivity index (χ1v) is 14.6. The van der Waals surface area contributed by atoms with Crippen molar-refractivity contribution in [3.05, 3.63) is 77.2 Å². The zero-order valence-electron chi connectivity index (χ0n) is 18.6. The quantitative estimate of drug-likeness (QED) is 0.0939. The molecule has 0 saturated heterocycles. The number of ether oxygens (including phenoxy) is 2. The molecule has 0 spiro atoms. The van der Waals surface area contributed by atoms with Crippen LogP contribution in [0.1, 0.15) is 0 Å². The molecule has 0 unspecified atom stereocenters. The van der Waals surface area contributed by atoms with Crippen LogP contribution in [0.25, 0.3) is 43.3 Å². The van der Waals surface area contributed by atoms with Gasteiger partial charge in [0, 0.05) is 25.5 Å². The molecule has 0 aliphatic heterocycles. The van der Waals surface area contributed by atoms with Crippen molar-refractivity contribution < 1.29 is 13.9 Å². The van der Waals surface area contributed by atoms with Crippen LogP contribution in [0.2, 0.25) is 25.7 Å². The van der Waals surface area contributed by atoms with Crippen LogP contribution in [-0.2, 0) is 4.74 Å². The summed E-state index contributed by atoms with van der Waals surface area (Å²) in [5.41, 5.74) is 0.101. The van der Waals surface area contributed by atoms with Crippen LogP contribution in [0.3, 0.4) is 0 Å². The summed E-state index contributed by atoms with van der Waals surface area (Å²) in [6, 6.07) is 23.1. The fraction of sp³-hybridized carbons (Fsp3) is 0.222. The van der Waals surface area contributed by atoms with Crippen molar-refractivity contribution in [2.75, 3.05) is 13.4 Å². The Balaban J connectivity index is 1.72. The van der Waals surface area contributed by atoms with Crippen LogP contribution in [0.4, 0.5) is 0 Å². The van der Waals surface area contributed by atoms with E-state index in [4.69, 9.17) is 13.9 Å². The van der Waals surface area contributed by atoms with E-state index in [0.29, 0.717) is 23.3 Å². The normalized spacial score (nSPS) is 12.2. The molecule has 162 valence electrons. The minimum absolute atomic E-state index is 0.120. The molecule has 5 rings (SSSR count). The summed E-state index contributed by atoms with van der Waals surface area (Å²) in [6.45, 7) is 7.74. The smallest absolute Gasteiger partial charge is 0.344 e. The Bertz CT molecular complexity index is 1510. The van der Waals surface area contributed by atoms with Crippen LogP contribution >= 0.6 is 0 Å². The molecule has 0 atom stereocenters. The van der Waals surface area contributed by atoms with Crippen LogP contribution in [-0.4, -0.2) is 21.5 Å². The van der Waals surface area contributed by atoms with Gasteiger partial charge in [-0.05, 0) is 39.7 Å². The summed E-state index contributed by atoms with van der Waals surface area (Å²) in [6.07, 6.45) is 0. The third kappa shape index (κ3) is 3.78. The number of fused-ring (bicyclic) bond motifs is 7. The lowest BCUT2D eigenvalue weighted by Gasteiger charge is -2.16. The lowest BCUT2D eigenvalue weighted by Crippen LogP contribution is -2.22. The highest BCUT2D eigenvalue weighted by Gasteiger charge is 2.18. The molecule has 0 radical (unpaired) electrons. The van der Waals surface area contributed by atoms with Crippen molar-refractivity contribution in [3.63, 3.8) is 0 Å². The zero-order valence-corrected chi connectivity index (χ0v) is 19.6. The lowest BCUT2D eigenvalue weighted by atomic mass is 9.96. The summed E-state index contributed by atoms with van der Waals surface area (Å²) in [7, 11) is -1.17. The molecule has 0 aliphatic rings. The van der Waals surface area contributed by atoms with E-state index < -0.39 is 8.07 Å². The van der Waals surface area contributed by atoms with Crippen LogP contribution < -0.4 is 10.4 Å². The second-order valence-corrected chi connectivity index (χ2v) is 15.0. The first kappa shape index (κ1) is 20.7. The van der Waals surface area contributed by atoms with E-state index in [1.165, 1.54) is 0 Å².